The predicted molar refractivity (Wildman–Crippen MR) is 94.9 cm³/mol. The molecule has 0 aromatic heterocycles. The van der Waals surface area contributed by atoms with Gasteiger partial charge in [0.25, 0.3) is 0 Å². The molecular weight excluding hydrogens is 320 g/mol. The Morgan fingerprint density at radius 2 is 1.88 bits per heavy atom. The minimum Gasteiger partial charge on any atom is -0.497 e. The highest BCUT2D eigenvalue weighted by molar-refractivity contribution is 5.29. The molecule has 1 aromatic carbocycles. The molecule has 0 radical (unpaired) electrons. The molecule has 2 unspecified atom stereocenters. The van der Waals surface area contributed by atoms with E-state index in [2.05, 4.69) is 11.8 Å². The monoisotopic (exact) mass is 348 g/mol. The van der Waals surface area contributed by atoms with E-state index in [4.69, 9.17) is 14.2 Å². The van der Waals surface area contributed by atoms with Gasteiger partial charge in [-0.05, 0) is 51.3 Å². The van der Waals surface area contributed by atoms with Crippen LogP contribution in [0.25, 0.3) is 0 Å². The van der Waals surface area contributed by atoms with Crippen LogP contribution in [-0.4, -0.2) is 35.0 Å². The highest BCUT2D eigenvalue weighted by atomic mass is 16.8. The molecule has 0 saturated carbocycles. The fourth-order valence-electron chi connectivity index (χ4n) is 2.94. The van der Waals surface area contributed by atoms with Crippen molar-refractivity contribution >= 4 is 0 Å². The van der Waals surface area contributed by atoms with Crippen molar-refractivity contribution in [1.82, 2.24) is 0 Å². The summed E-state index contributed by atoms with van der Waals surface area (Å²) >= 11 is 0. The number of aliphatic hydroxyl groups excluding tert-OH is 1. The minimum absolute atomic E-state index is 0.353. The number of hydrogen-bond donors (Lipinski definition) is 2. The summed E-state index contributed by atoms with van der Waals surface area (Å²) in [7, 11) is 1.61. The Labute approximate surface area is 149 Å². The third-order valence-corrected chi connectivity index (χ3v) is 4.16. The van der Waals surface area contributed by atoms with Crippen molar-refractivity contribution in [1.29, 1.82) is 0 Å². The molecule has 5 nitrogen and oxygen atoms in total. The van der Waals surface area contributed by atoms with Gasteiger partial charge in [0.1, 0.15) is 11.9 Å². The molecule has 2 rings (SSSR count). The van der Waals surface area contributed by atoms with Crippen LogP contribution in [0.1, 0.15) is 58.1 Å². The van der Waals surface area contributed by atoms with Gasteiger partial charge in [-0.1, -0.05) is 12.1 Å². The molecule has 1 aliphatic rings. The lowest BCUT2D eigenvalue weighted by atomic mass is 10.0. The number of ether oxygens (including phenoxy) is 3. The molecule has 1 fully saturated rings. The number of unbranched alkanes of at least 4 members (excludes halogenated alkanes) is 1. The molecule has 138 valence electrons. The summed E-state index contributed by atoms with van der Waals surface area (Å²) in [6.45, 7) is 5.22. The topological polar surface area (TPSA) is 68.2 Å². The van der Waals surface area contributed by atoms with Gasteiger partial charge in [0.2, 0.25) is 0 Å². The zero-order valence-electron chi connectivity index (χ0n) is 15.4. The first-order chi connectivity index (χ1) is 11.7. The first kappa shape index (κ1) is 19.7. The van der Waals surface area contributed by atoms with Crippen LogP contribution in [0.3, 0.4) is 0 Å². The van der Waals surface area contributed by atoms with Gasteiger partial charge in [0, 0.05) is 12.8 Å². The Balaban J connectivity index is 1.72. The Morgan fingerprint density at radius 3 is 2.44 bits per heavy atom. The van der Waals surface area contributed by atoms with E-state index in [9.17, 15) is 10.2 Å². The Morgan fingerprint density at radius 1 is 1.20 bits per heavy atom. The zero-order chi connectivity index (χ0) is 18.5. The maximum atomic E-state index is 10.2. The van der Waals surface area contributed by atoms with Crippen molar-refractivity contribution in [2.75, 3.05) is 7.11 Å². The van der Waals surface area contributed by atoms with Crippen molar-refractivity contribution in [2.45, 2.75) is 70.2 Å². The number of benzene rings is 1. The van der Waals surface area contributed by atoms with Crippen LogP contribution in [0, 0.1) is 11.8 Å². The molecule has 0 amide bonds. The van der Waals surface area contributed by atoms with E-state index in [1.807, 2.05) is 24.3 Å². The third kappa shape index (κ3) is 5.72. The van der Waals surface area contributed by atoms with Gasteiger partial charge >= 0.3 is 0 Å². The van der Waals surface area contributed by atoms with Crippen LogP contribution in [-0.2, 0) is 9.47 Å². The van der Waals surface area contributed by atoms with E-state index in [1.54, 1.807) is 27.9 Å². The maximum absolute atomic E-state index is 10.2. The summed E-state index contributed by atoms with van der Waals surface area (Å²) in [6.07, 6.45) is 1.59. The second-order valence-electron chi connectivity index (χ2n) is 6.90. The molecule has 1 heterocycles. The second kappa shape index (κ2) is 8.20. The lowest BCUT2D eigenvalue weighted by Gasteiger charge is -2.21. The van der Waals surface area contributed by atoms with Gasteiger partial charge in [-0.2, -0.15) is 0 Å². The lowest BCUT2D eigenvalue weighted by molar-refractivity contribution is -0.222. The largest absolute Gasteiger partial charge is 0.497 e. The van der Waals surface area contributed by atoms with Gasteiger partial charge in [-0.25, -0.2) is 0 Å². The van der Waals surface area contributed by atoms with Crippen molar-refractivity contribution < 1.29 is 24.4 Å². The average Bonchev–Trinajstić information content (AvgIpc) is 2.77. The Kier molecular flexibility index (Phi) is 6.47. The fraction of sp³-hybridized carbons (Fsp3) is 0.600. The van der Waals surface area contributed by atoms with Crippen molar-refractivity contribution in [3.8, 4) is 17.6 Å². The smallest absolute Gasteiger partial charge is 0.192 e. The third-order valence-electron chi connectivity index (χ3n) is 4.16. The van der Waals surface area contributed by atoms with Gasteiger partial charge in [0.15, 0.2) is 11.6 Å². The molecule has 3 atom stereocenters. The highest BCUT2D eigenvalue weighted by Gasteiger charge is 2.48. The van der Waals surface area contributed by atoms with Crippen LogP contribution >= 0.6 is 0 Å². The predicted octanol–water partition coefficient (Wildman–Crippen LogP) is 3.15. The van der Waals surface area contributed by atoms with Gasteiger partial charge in [-0.15, -0.1) is 11.8 Å². The summed E-state index contributed by atoms with van der Waals surface area (Å²) in [5.74, 6) is 4.82. The van der Waals surface area contributed by atoms with Gasteiger partial charge in [0.05, 0.1) is 13.2 Å². The zero-order valence-corrected chi connectivity index (χ0v) is 15.4. The van der Waals surface area contributed by atoms with Gasteiger partial charge in [-0.3, -0.25) is 0 Å². The minimum atomic E-state index is -1.26. The van der Waals surface area contributed by atoms with E-state index < -0.39 is 17.7 Å². The molecule has 0 aliphatic carbocycles. The van der Waals surface area contributed by atoms with Crippen molar-refractivity contribution in [3.05, 3.63) is 29.8 Å². The van der Waals surface area contributed by atoms with Crippen LogP contribution in [0.15, 0.2) is 24.3 Å². The van der Waals surface area contributed by atoms with Crippen LogP contribution < -0.4 is 4.74 Å². The SMILES string of the molecule is COc1ccc(C(O)CC#CCCC[C@@H]2OC(C)(C)OC2(C)O)cc1. The van der Waals surface area contributed by atoms with Crippen molar-refractivity contribution in [3.63, 3.8) is 0 Å². The van der Waals surface area contributed by atoms with Gasteiger partial charge < -0.3 is 24.4 Å². The molecule has 2 N–H and O–H groups in total. The first-order valence-corrected chi connectivity index (χ1v) is 8.61. The Hall–Kier alpha value is -1.58. The van der Waals surface area contributed by atoms with E-state index in [1.165, 1.54) is 0 Å². The molecule has 1 aliphatic heterocycles. The number of hydrogen-bond acceptors (Lipinski definition) is 5. The molecule has 25 heavy (non-hydrogen) atoms. The standard InChI is InChI=1S/C20H28O5/c1-19(2)24-18(20(3,22)25-19)10-8-6-5-7-9-17(21)15-11-13-16(23-4)14-12-15/h11-14,17-18,21-22H,6,8-10H2,1-4H3/t17?,18-,20?/m0/s1. The fourth-order valence-corrected chi connectivity index (χ4v) is 2.94. The van der Waals surface area contributed by atoms with E-state index in [-0.39, 0.29) is 6.10 Å². The van der Waals surface area contributed by atoms with E-state index >= 15 is 0 Å². The quantitative estimate of drug-likeness (QED) is 0.611. The Bertz CT molecular complexity index is 609. The number of rotatable bonds is 6. The second-order valence-corrected chi connectivity index (χ2v) is 6.90. The normalized spacial score (nSPS) is 25.9. The molecule has 1 aromatic rings. The van der Waals surface area contributed by atoms with E-state index in [0.717, 1.165) is 17.7 Å². The molecule has 0 spiro atoms. The van der Waals surface area contributed by atoms with Crippen LogP contribution in [0.2, 0.25) is 0 Å². The summed E-state index contributed by atoms with van der Waals surface area (Å²) in [6, 6.07) is 7.32. The van der Waals surface area contributed by atoms with Crippen LogP contribution in [0.4, 0.5) is 0 Å². The highest BCUT2D eigenvalue weighted by Crippen LogP contribution is 2.36. The summed E-state index contributed by atoms with van der Waals surface area (Å²) in [5, 5.41) is 20.3. The number of methoxy groups -OCH3 is 1. The summed E-state index contributed by atoms with van der Waals surface area (Å²) in [4.78, 5) is 0. The van der Waals surface area contributed by atoms with Crippen LogP contribution in [0.5, 0.6) is 5.75 Å². The summed E-state index contributed by atoms with van der Waals surface area (Å²) < 4.78 is 16.3. The van der Waals surface area contributed by atoms with E-state index in [0.29, 0.717) is 19.3 Å². The van der Waals surface area contributed by atoms with Crippen molar-refractivity contribution in [2.24, 2.45) is 0 Å². The lowest BCUT2D eigenvalue weighted by Crippen LogP contribution is -2.36. The molecule has 1 saturated heterocycles. The molecule has 0 bridgehead atoms. The summed E-state index contributed by atoms with van der Waals surface area (Å²) in [5.41, 5.74) is 0.824. The average molecular weight is 348 g/mol. The molecular formula is C20H28O5. The maximum Gasteiger partial charge on any atom is 0.192 e. The molecule has 5 heteroatoms. The number of aliphatic hydroxyl groups is 2. The first-order valence-electron chi connectivity index (χ1n) is 8.61.